The first-order valence-corrected chi connectivity index (χ1v) is 4.30. The lowest BCUT2D eigenvalue weighted by Gasteiger charge is -2.17. The molecule has 0 radical (unpaired) electrons. The van der Waals surface area contributed by atoms with E-state index in [1.165, 1.54) is 6.92 Å². The molecule has 0 aliphatic heterocycles. The van der Waals surface area contributed by atoms with Crippen LogP contribution in [0.5, 0.6) is 0 Å². The zero-order valence-corrected chi connectivity index (χ0v) is 8.19. The van der Waals surface area contributed by atoms with Crippen LogP contribution in [-0.2, 0) is 11.2 Å². The fraction of sp³-hybridized carbons (Fsp3) is 0.400. The Kier molecular flexibility index (Phi) is 2.86. The fourth-order valence-electron chi connectivity index (χ4n) is 1.13. The summed E-state index contributed by atoms with van der Waals surface area (Å²) in [6, 6.07) is 5.30. The molecule has 0 bridgehead atoms. The minimum Gasteiger partial charge on any atom is -0.479 e. The Balaban J connectivity index is 2.83. The number of rotatable bonds is 3. The van der Waals surface area contributed by atoms with Gasteiger partial charge in [-0.3, -0.25) is 4.98 Å². The molecule has 1 rings (SSSR count). The summed E-state index contributed by atoms with van der Waals surface area (Å²) in [5.41, 5.74) is -0.359. The van der Waals surface area contributed by atoms with E-state index < -0.39 is 11.6 Å². The molecular weight excluding hydrogens is 182 g/mol. The quantitative estimate of drug-likeness (QED) is 0.747. The Morgan fingerprint density at radius 3 is 2.71 bits per heavy atom. The minimum atomic E-state index is -1.75. The van der Waals surface area contributed by atoms with Gasteiger partial charge in [0.1, 0.15) is 0 Å². The van der Waals surface area contributed by atoms with Crippen molar-refractivity contribution in [1.82, 2.24) is 4.98 Å². The minimum absolute atomic E-state index is 0.0179. The molecule has 2 N–H and O–H groups in total. The Morgan fingerprint density at radius 1 is 1.57 bits per heavy atom. The fourth-order valence-corrected chi connectivity index (χ4v) is 1.13. The van der Waals surface area contributed by atoms with E-state index in [0.717, 1.165) is 5.69 Å². The molecule has 0 amide bonds. The average Bonchev–Trinajstić information content (AvgIpc) is 2.02. The number of aromatic nitrogens is 1. The van der Waals surface area contributed by atoms with Gasteiger partial charge in [-0.1, -0.05) is 6.07 Å². The van der Waals surface area contributed by atoms with Gasteiger partial charge in [-0.15, -0.1) is 0 Å². The number of aliphatic hydroxyl groups is 1. The van der Waals surface area contributed by atoms with Gasteiger partial charge in [0.2, 0.25) is 0 Å². The smallest absolute Gasteiger partial charge is 0.335 e. The van der Waals surface area contributed by atoms with Crippen molar-refractivity contribution in [2.45, 2.75) is 25.9 Å². The molecule has 1 aromatic rings. The van der Waals surface area contributed by atoms with Crippen LogP contribution < -0.4 is 0 Å². The van der Waals surface area contributed by atoms with Crippen molar-refractivity contribution in [1.29, 1.82) is 0 Å². The highest BCUT2D eigenvalue weighted by molar-refractivity contribution is 5.76. The van der Waals surface area contributed by atoms with Crippen molar-refractivity contribution in [2.24, 2.45) is 0 Å². The predicted octanol–water partition coefficient (Wildman–Crippen LogP) is 0.768. The molecule has 0 aliphatic carbocycles. The first-order valence-electron chi connectivity index (χ1n) is 4.30. The van der Waals surface area contributed by atoms with Crippen molar-refractivity contribution in [3.63, 3.8) is 0 Å². The van der Waals surface area contributed by atoms with Gasteiger partial charge < -0.3 is 10.2 Å². The van der Waals surface area contributed by atoms with Gasteiger partial charge in [0.25, 0.3) is 0 Å². The Bertz CT molecular complexity index is 347. The number of nitrogens with zero attached hydrogens (tertiary/aromatic N) is 1. The molecule has 1 heterocycles. The Morgan fingerprint density at radius 2 is 2.21 bits per heavy atom. The summed E-state index contributed by atoms with van der Waals surface area (Å²) in [5.74, 6) is -1.24. The number of pyridine rings is 1. The standard InChI is InChI=1S/C10H13NO3/c1-7-4-3-5-8(11-7)6-10(2,14)9(12)13/h3-5,14H,6H2,1-2H3,(H,12,13). The summed E-state index contributed by atoms with van der Waals surface area (Å²) in [6.07, 6.45) is 0.0179. The molecule has 76 valence electrons. The summed E-state index contributed by atoms with van der Waals surface area (Å²) >= 11 is 0. The Hall–Kier alpha value is -1.42. The van der Waals surface area contributed by atoms with Crippen molar-refractivity contribution < 1.29 is 15.0 Å². The van der Waals surface area contributed by atoms with E-state index >= 15 is 0 Å². The first kappa shape index (κ1) is 10.7. The molecule has 4 heteroatoms. The average molecular weight is 195 g/mol. The van der Waals surface area contributed by atoms with Gasteiger partial charge in [0.05, 0.1) is 0 Å². The van der Waals surface area contributed by atoms with E-state index in [9.17, 15) is 9.90 Å². The molecule has 0 aliphatic rings. The second-order valence-corrected chi connectivity index (χ2v) is 3.53. The van der Waals surface area contributed by atoms with Crippen LogP contribution in [0.4, 0.5) is 0 Å². The normalized spacial score (nSPS) is 14.8. The van der Waals surface area contributed by atoms with Gasteiger partial charge in [-0.05, 0) is 26.0 Å². The maximum Gasteiger partial charge on any atom is 0.335 e. The summed E-state index contributed by atoms with van der Waals surface area (Å²) in [4.78, 5) is 14.7. The van der Waals surface area contributed by atoms with E-state index in [2.05, 4.69) is 4.98 Å². The molecule has 14 heavy (non-hydrogen) atoms. The third-order valence-electron chi connectivity index (χ3n) is 1.93. The van der Waals surface area contributed by atoms with Gasteiger partial charge in [-0.25, -0.2) is 4.79 Å². The monoisotopic (exact) mass is 195 g/mol. The molecule has 1 unspecified atom stereocenters. The highest BCUT2D eigenvalue weighted by Gasteiger charge is 2.30. The van der Waals surface area contributed by atoms with Crippen LogP contribution in [-0.4, -0.2) is 26.8 Å². The van der Waals surface area contributed by atoms with E-state index in [1.54, 1.807) is 12.1 Å². The largest absolute Gasteiger partial charge is 0.479 e. The maximum atomic E-state index is 10.6. The van der Waals surface area contributed by atoms with E-state index in [0.29, 0.717) is 5.69 Å². The molecule has 0 spiro atoms. The molecule has 1 aromatic heterocycles. The zero-order valence-electron chi connectivity index (χ0n) is 8.19. The number of carboxylic acid groups (broad SMARTS) is 1. The van der Waals surface area contributed by atoms with E-state index in [4.69, 9.17) is 5.11 Å². The van der Waals surface area contributed by atoms with Crippen molar-refractivity contribution in [3.8, 4) is 0 Å². The molecule has 4 nitrogen and oxygen atoms in total. The maximum absolute atomic E-state index is 10.6. The highest BCUT2D eigenvalue weighted by atomic mass is 16.4. The first-order chi connectivity index (χ1) is 6.42. The lowest BCUT2D eigenvalue weighted by molar-refractivity contribution is -0.156. The molecule has 1 atom stereocenters. The zero-order chi connectivity index (χ0) is 10.8. The molecule has 0 aromatic carbocycles. The number of aliphatic carboxylic acids is 1. The van der Waals surface area contributed by atoms with Crippen LogP contribution in [0.2, 0.25) is 0 Å². The van der Waals surface area contributed by atoms with Crippen LogP contribution in [0.3, 0.4) is 0 Å². The lowest BCUT2D eigenvalue weighted by atomic mass is 10.0. The molecular formula is C10H13NO3. The van der Waals surface area contributed by atoms with Crippen molar-refractivity contribution in [2.75, 3.05) is 0 Å². The number of hydrogen-bond donors (Lipinski definition) is 2. The molecule has 0 fully saturated rings. The van der Waals surface area contributed by atoms with Crippen molar-refractivity contribution in [3.05, 3.63) is 29.6 Å². The number of aryl methyl sites for hydroxylation is 1. The number of hydrogen-bond acceptors (Lipinski definition) is 3. The SMILES string of the molecule is Cc1cccc(CC(C)(O)C(=O)O)n1. The van der Waals surface area contributed by atoms with E-state index in [-0.39, 0.29) is 6.42 Å². The topological polar surface area (TPSA) is 70.4 Å². The number of carbonyl (C=O) groups is 1. The molecule has 0 saturated heterocycles. The summed E-state index contributed by atoms with van der Waals surface area (Å²) in [6.45, 7) is 3.08. The Labute approximate surface area is 82.2 Å². The van der Waals surface area contributed by atoms with Crippen LogP contribution in [0.25, 0.3) is 0 Å². The van der Waals surface area contributed by atoms with Crippen molar-refractivity contribution >= 4 is 5.97 Å². The van der Waals surface area contributed by atoms with Crippen LogP contribution in [0, 0.1) is 6.92 Å². The predicted molar refractivity (Wildman–Crippen MR) is 50.9 cm³/mol. The molecule has 0 saturated carbocycles. The van der Waals surface area contributed by atoms with Crippen LogP contribution >= 0.6 is 0 Å². The third kappa shape index (κ3) is 2.53. The van der Waals surface area contributed by atoms with E-state index in [1.807, 2.05) is 13.0 Å². The van der Waals surface area contributed by atoms with Gasteiger partial charge in [0, 0.05) is 17.8 Å². The lowest BCUT2D eigenvalue weighted by Crippen LogP contribution is -2.37. The van der Waals surface area contributed by atoms with Gasteiger partial charge in [-0.2, -0.15) is 0 Å². The van der Waals surface area contributed by atoms with Crippen LogP contribution in [0.1, 0.15) is 18.3 Å². The highest BCUT2D eigenvalue weighted by Crippen LogP contribution is 2.11. The second-order valence-electron chi connectivity index (χ2n) is 3.53. The second kappa shape index (κ2) is 3.75. The number of carboxylic acids is 1. The third-order valence-corrected chi connectivity index (χ3v) is 1.93. The summed E-state index contributed by atoms with van der Waals surface area (Å²) in [5, 5.41) is 18.2. The van der Waals surface area contributed by atoms with Crippen LogP contribution in [0.15, 0.2) is 18.2 Å². The van der Waals surface area contributed by atoms with Gasteiger partial charge >= 0.3 is 5.97 Å². The summed E-state index contributed by atoms with van der Waals surface area (Å²) in [7, 11) is 0. The summed E-state index contributed by atoms with van der Waals surface area (Å²) < 4.78 is 0. The van der Waals surface area contributed by atoms with Gasteiger partial charge in [0.15, 0.2) is 5.60 Å².